The molecule has 1 atom stereocenters. The topological polar surface area (TPSA) is 46.6 Å². The molecule has 1 saturated heterocycles. The van der Waals surface area contributed by atoms with Gasteiger partial charge < -0.3 is 4.74 Å². The smallest absolute Gasteiger partial charge is 0.216 e. The molecule has 96 valence electrons. The number of hydrogen-bond acceptors (Lipinski definition) is 3. The summed E-state index contributed by atoms with van der Waals surface area (Å²) >= 11 is 3.56. The summed E-state index contributed by atoms with van der Waals surface area (Å²) in [5.41, 5.74) is 0. The molecule has 0 N–H and O–H groups in total. The van der Waals surface area contributed by atoms with E-state index in [0.29, 0.717) is 23.8 Å². The Bertz CT molecular complexity index is 297. The maximum atomic E-state index is 11.9. The minimum atomic E-state index is -3.10. The molecule has 0 aromatic carbocycles. The maximum Gasteiger partial charge on any atom is 0.216 e. The lowest BCUT2D eigenvalue weighted by atomic mass is 9.96. The van der Waals surface area contributed by atoms with Crippen LogP contribution >= 0.6 is 15.9 Å². The van der Waals surface area contributed by atoms with Crippen molar-refractivity contribution in [2.75, 3.05) is 32.6 Å². The van der Waals surface area contributed by atoms with Gasteiger partial charge >= 0.3 is 0 Å². The highest BCUT2D eigenvalue weighted by Crippen LogP contribution is 2.26. The molecular formula is C10H20BrNO3S. The molecule has 0 bridgehead atoms. The molecule has 0 aromatic heterocycles. The molecule has 0 aliphatic carbocycles. The van der Waals surface area contributed by atoms with Crippen LogP contribution in [0.15, 0.2) is 0 Å². The predicted octanol–water partition coefficient (Wildman–Crippen LogP) is 1.46. The molecule has 0 saturated carbocycles. The second kappa shape index (κ2) is 6.33. The highest BCUT2D eigenvalue weighted by Gasteiger charge is 2.29. The summed E-state index contributed by atoms with van der Waals surface area (Å²) in [6.07, 6.45) is 1.89. The summed E-state index contributed by atoms with van der Waals surface area (Å²) in [7, 11) is -1.58. The zero-order valence-corrected chi connectivity index (χ0v) is 12.3. The first kappa shape index (κ1) is 14.4. The van der Waals surface area contributed by atoms with Gasteiger partial charge in [-0.2, -0.15) is 0 Å². The van der Waals surface area contributed by atoms with E-state index in [0.717, 1.165) is 12.8 Å². The summed E-state index contributed by atoms with van der Waals surface area (Å²) in [6.45, 7) is 3.69. The van der Waals surface area contributed by atoms with Crippen molar-refractivity contribution in [2.24, 2.45) is 5.92 Å². The Morgan fingerprint density at radius 2 is 2.00 bits per heavy atom. The Morgan fingerprint density at radius 1 is 1.44 bits per heavy atom. The van der Waals surface area contributed by atoms with Gasteiger partial charge in [0.25, 0.3) is 0 Å². The third kappa shape index (κ3) is 3.98. The molecule has 1 fully saturated rings. The first-order chi connectivity index (χ1) is 7.47. The van der Waals surface area contributed by atoms with Gasteiger partial charge in [-0.05, 0) is 18.8 Å². The number of rotatable bonds is 5. The van der Waals surface area contributed by atoms with Gasteiger partial charge in [0, 0.05) is 25.0 Å². The van der Waals surface area contributed by atoms with E-state index in [2.05, 4.69) is 22.9 Å². The Hall–Kier alpha value is 0.350. The first-order valence-electron chi connectivity index (χ1n) is 5.58. The van der Waals surface area contributed by atoms with Crippen LogP contribution in [0, 0.1) is 5.92 Å². The van der Waals surface area contributed by atoms with E-state index in [4.69, 9.17) is 4.74 Å². The van der Waals surface area contributed by atoms with Crippen molar-refractivity contribution < 1.29 is 13.2 Å². The zero-order chi connectivity index (χ0) is 12.2. The van der Waals surface area contributed by atoms with Crippen LogP contribution < -0.4 is 0 Å². The highest BCUT2D eigenvalue weighted by molar-refractivity contribution is 9.09. The van der Waals surface area contributed by atoms with Crippen LogP contribution in [0.3, 0.4) is 0 Å². The van der Waals surface area contributed by atoms with E-state index in [1.54, 1.807) is 4.31 Å². The summed E-state index contributed by atoms with van der Waals surface area (Å²) in [5.74, 6) is 0.687. The summed E-state index contributed by atoms with van der Waals surface area (Å²) in [6, 6.07) is 0. The predicted molar refractivity (Wildman–Crippen MR) is 68.3 cm³/mol. The fraction of sp³-hybridized carbons (Fsp3) is 1.00. The normalized spacial score (nSPS) is 22.2. The van der Waals surface area contributed by atoms with Crippen molar-refractivity contribution in [1.82, 2.24) is 4.31 Å². The minimum absolute atomic E-state index is 0.0953. The summed E-state index contributed by atoms with van der Waals surface area (Å²) in [4.78, 5) is 0.469. The highest BCUT2D eigenvalue weighted by atomic mass is 79.9. The molecule has 1 aliphatic rings. The van der Waals surface area contributed by atoms with Crippen molar-refractivity contribution in [1.29, 1.82) is 0 Å². The van der Waals surface area contributed by atoms with Crippen LogP contribution in [0.2, 0.25) is 0 Å². The zero-order valence-electron chi connectivity index (χ0n) is 9.86. The first-order valence-corrected chi connectivity index (χ1v) is 8.10. The van der Waals surface area contributed by atoms with Crippen LogP contribution in [-0.2, 0) is 14.8 Å². The van der Waals surface area contributed by atoms with E-state index in [9.17, 15) is 8.42 Å². The van der Waals surface area contributed by atoms with E-state index < -0.39 is 10.0 Å². The number of hydrogen-bond donors (Lipinski definition) is 0. The SMILES string of the molecule is COCCS(=O)(=O)N1CCC(C(C)Br)CC1. The third-order valence-corrected chi connectivity index (χ3v) is 5.67. The monoisotopic (exact) mass is 313 g/mol. The van der Waals surface area contributed by atoms with Crippen molar-refractivity contribution >= 4 is 26.0 Å². The van der Waals surface area contributed by atoms with Crippen LogP contribution in [-0.4, -0.2) is 50.1 Å². The Labute approximate surface area is 107 Å². The van der Waals surface area contributed by atoms with Gasteiger partial charge in [0.05, 0.1) is 12.4 Å². The van der Waals surface area contributed by atoms with E-state index in [1.165, 1.54) is 7.11 Å². The largest absolute Gasteiger partial charge is 0.384 e. The van der Waals surface area contributed by atoms with Crippen molar-refractivity contribution in [2.45, 2.75) is 24.6 Å². The number of methoxy groups -OCH3 is 1. The van der Waals surface area contributed by atoms with Gasteiger partial charge in [0.15, 0.2) is 0 Å². The molecule has 0 radical (unpaired) electrons. The number of nitrogens with zero attached hydrogens (tertiary/aromatic N) is 1. The number of alkyl halides is 1. The molecule has 6 heteroatoms. The van der Waals surface area contributed by atoms with Gasteiger partial charge in [-0.15, -0.1) is 0 Å². The molecule has 0 spiro atoms. The molecule has 0 aromatic rings. The van der Waals surface area contributed by atoms with Gasteiger partial charge in [-0.25, -0.2) is 12.7 Å². The number of piperidine rings is 1. The van der Waals surface area contributed by atoms with Gasteiger partial charge in [-0.1, -0.05) is 22.9 Å². The molecular weight excluding hydrogens is 294 g/mol. The quantitative estimate of drug-likeness (QED) is 0.722. The van der Waals surface area contributed by atoms with Gasteiger partial charge in [0.1, 0.15) is 0 Å². The Morgan fingerprint density at radius 3 is 2.44 bits per heavy atom. The second-order valence-electron chi connectivity index (χ2n) is 4.22. The van der Waals surface area contributed by atoms with E-state index in [1.807, 2.05) is 0 Å². The number of halogens is 1. The van der Waals surface area contributed by atoms with Crippen LogP contribution in [0.25, 0.3) is 0 Å². The van der Waals surface area contributed by atoms with Crippen LogP contribution in [0.4, 0.5) is 0 Å². The minimum Gasteiger partial charge on any atom is -0.384 e. The lowest BCUT2D eigenvalue weighted by molar-refractivity contribution is 0.213. The van der Waals surface area contributed by atoms with Crippen LogP contribution in [0.1, 0.15) is 19.8 Å². The summed E-state index contributed by atoms with van der Waals surface area (Å²) < 4.78 is 30.1. The Balaban J connectivity index is 2.47. The number of ether oxygens (including phenoxy) is 1. The molecule has 1 unspecified atom stereocenters. The maximum absolute atomic E-state index is 11.9. The standard InChI is InChI=1S/C10H20BrNO3S/c1-9(11)10-3-5-12(6-4-10)16(13,14)8-7-15-2/h9-10H,3-8H2,1-2H3. The average Bonchev–Trinajstić information content (AvgIpc) is 2.26. The molecule has 1 rings (SSSR count). The second-order valence-corrected chi connectivity index (χ2v) is 7.76. The van der Waals surface area contributed by atoms with Crippen molar-refractivity contribution in [3.63, 3.8) is 0 Å². The van der Waals surface area contributed by atoms with Gasteiger partial charge in [-0.3, -0.25) is 0 Å². The van der Waals surface area contributed by atoms with E-state index in [-0.39, 0.29) is 12.4 Å². The summed E-state index contributed by atoms with van der Waals surface area (Å²) in [5, 5.41) is 0. The molecule has 0 amide bonds. The molecule has 1 heterocycles. The lowest BCUT2D eigenvalue weighted by Gasteiger charge is -2.32. The van der Waals surface area contributed by atoms with Crippen molar-refractivity contribution in [3.8, 4) is 0 Å². The molecule has 16 heavy (non-hydrogen) atoms. The van der Waals surface area contributed by atoms with Gasteiger partial charge in [0.2, 0.25) is 10.0 Å². The Kier molecular flexibility index (Phi) is 5.70. The fourth-order valence-electron chi connectivity index (χ4n) is 1.93. The van der Waals surface area contributed by atoms with Crippen LogP contribution in [0.5, 0.6) is 0 Å². The lowest BCUT2D eigenvalue weighted by Crippen LogP contribution is -2.41. The third-order valence-electron chi connectivity index (χ3n) is 3.09. The van der Waals surface area contributed by atoms with E-state index >= 15 is 0 Å². The van der Waals surface area contributed by atoms with Crippen molar-refractivity contribution in [3.05, 3.63) is 0 Å². The fourth-order valence-corrected chi connectivity index (χ4v) is 3.86. The molecule has 4 nitrogen and oxygen atoms in total. The average molecular weight is 314 g/mol. The molecule has 1 aliphatic heterocycles. The number of sulfonamides is 1.